The lowest BCUT2D eigenvalue weighted by Crippen LogP contribution is -2.35. The monoisotopic (exact) mass is 510 g/mol. The van der Waals surface area contributed by atoms with Crippen molar-refractivity contribution < 1.29 is 9.84 Å². The molecule has 0 bridgehead atoms. The summed E-state index contributed by atoms with van der Waals surface area (Å²) in [7, 11) is 0. The Morgan fingerprint density at radius 1 is 1.08 bits per heavy atom. The Balaban J connectivity index is 1.49. The van der Waals surface area contributed by atoms with E-state index in [9.17, 15) is 10.1 Å². The van der Waals surface area contributed by atoms with Gasteiger partial charge in [0.25, 0.3) is 5.56 Å². The molecule has 0 radical (unpaired) electrons. The highest BCUT2D eigenvalue weighted by Gasteiger charge is 2.27. The third-order valence-corrected chi connectivity index (χ3v) is 7.58. The predicted octanol–water partition coefficient (Wildman–Crippen LogP) is 5.07. The van der Waals surface area contributed by atoms with E-state index in [0.29, 0.717) is 18.6 Å². The summed E-state index contributed by atoms with van der Waals surface area (Å²) >= 11 is 0. The van der Waals surface area contributed by atoms with Crippen molar-refractivity contribution in [2.45, 2.75) is 64.0 Å². The van der Waals surface area contributed by atoms with Crippen molar-refractivity contribution in [1.82, 2.24) is 14.2 Å². The van der Waals surface area contributed by atoms with Gasteiger partial charge in [-0.05, 0) is 54.9 Å². The number of aryl methyl sites for hydroxylation is 1. The van der Waals surface area contributed by atoms with Crippen LogP contribution in [0.1, 0.15) is 67.5 Å². The zero-order chi connectivity index (χ0) is 26.5. The SMILES string of the molecule is CCCc1c(Cc2ccc(-c3ccccc3C#N)cc2)c(=O)n([C@H]2CC[C@H](OCCO)CC2)c2ccnn12. The molecule has 7 heteroatoms. The van der Waals surface area contributed by atoms with Gasteiger partial charge in [0, 0.05) is 24.1 Å². The van der Waals surface area contributed by atoms with Gasteiger partial charge in [-0.1, -0.05) is 55.8 Å². The second-order valence-corrected chi connectivity index (χ2v) is 10.0. The van der Waals surface area contributed by atoms with Crippen LogP contribution in [0.5, 0.6) is 0 Å². The molecule has 196 valence electrons. The molecular formula is C31H34N4O3. The van der Waals surface area contributed by atoms with E-state index in [-0.39, 0.29) is 24.3 Å². The van der Waals surface area contributed by atoms with Crippen molar-refractivity contribution in [1.29, 1.82) is 5.26 Å². The van der Waals surface area contributed by atoms with E-state index in [2.05, 4.69) is 30.2 Å². The molecule has 0 saturated heterocycles. The van der Waals surface area contributed by atoms with Crippen LogP contribution < -0.4 is 5.56 Å². The van der Waals surface area contributed by atoms with Gasteiger partial charge in [-0.15, -0.1) is 0 Å². The Kier molecular flexibility index (Phi) is 8.02. The molecule has 0 aliphatic heterocycles. The van der Waals surface area contributed by atoms with Gasteiger partial charge in [0.15, 0.2) is 0 Å². The van der Waals surface area contributed by atoms with E-state index in [1.54, 1.807) is 6.20 Å². The maximum absolute atomic E-state index is 14.1. The van der Waals surface area contributed by atoms with Gasteiger partial charge in [0.2, 0.25) is 0 Å². The Bertz CT molecular complexity index is 1490. The molecule has 2 aromatic carbocycles. The van der Waals surface area contributed by atoms with Gasteiger partial charge < -0.3 is 9.84 Å². The van der Waals surface area contributed by atoms with Crippen molar-refractivity contribution in [2.24, 2.45) is 0 Å². The highest BCUT2D eigenvalue weighted by Crippen LogP contribution is 2.31. The summed E-state index contributed by atoms with van der Waals surface area (Å²) < 4.78 is 9.68. The number of hydrogen-bond donors (Lipinski definition) is 1. The predicted molar refractivity (Wildman–Crippen MR) is 147 cm³/mol. The number of rotatable bonds is 9. The lowest BCUT2D eigenvalue weighted by molar-refractivity contribution is 0.00161. The zero-order valence-electron chi connectivity index (χ0n) is 21.8. The summed E-state index contributed by atoms with van der Waals surface area (Å²) in [5.41, 5.74) is 6.29. The fraction of sp³-hybridized carbons (Fsp3) is 0.387. The van der Waals surface area contributed by atoms with Crippen molar-refractivity contribution in [3.63, 3.8) is 0 Å². The first-order chi connectivity index (χ1) is 18.6. The van der Waals surface area contributed by atoms with Gasteiger partial charge in [-0.3, -0.25) is 9.36 Å². The van der Waals surface area contributed by atoms with Crippen LogP contribution in [-0.2, 0) is 17.6 Å². The third-order valence-electron chi connectivity index (χ3n) is 7.58. The van der Waals surface area contributed by atoms with Crippen molar-refractivity contribution in [3.8, 4) is 17.2 Å². The Labute approximate surface area is 222 Å². The number of hydrogen-bond acceptors (Lipinski definition) is 5. The number of aliphatic hydroxyl groups is 1. The van der Waals surface area contributed by atoms with Crippen LogP contribution in [0.3, 0.4) is 0 Å². The number of ether oxygens (including phenoxy) is 1. The normalized spacial score (nSPS) is 17.5. The Hall–Kier alpha value is -3.73. The van der Waals surface area contributed by atoms with Crippen LogP contribution in [0.25, 0.3) is 16.8 Å². The largest absolute Gasteiger partial charge is 0.394 e. The van der Waals surface area contributed by atoms with Crippen LogP contribution in [0, 0.1) is 11.3 Å². The number of aliphatic hydroxyl groups excluding tert-OH is 1. The van der Waals surface area contributed by atoms with Crippen LogP contribution in [0.15, 0.2) is 65.6 Å². The molecule has 0 amide bonds. The molecule has 0 spiro atoms. The quantitative estimate of drug-likeness (QED) is 0.339. The van der Waals surface area contributed by atoms with Gasteiger partial charge >= 0.3 is 0 Å². The average molecular weight is 511 g/mol. The first kappa shape index (κ1) is 25.9. The van der Waals surface area contributed by atoms with Crippen LogP contribution >= 0.6 is 0 Å². The molecule has 1 aliphatic rings. The maximum atomic E-state index is 14.1. The van der Waals surface area contributed by atoms with Crippen molar-refractivity contribution in [3.05, 3.63) is 93.5 Å². The number of aromatic nitrogens is 3. The molecule has 1 fully saturated rings. The molecule has 4 aromatic rings. The van der Waals surface area contributed by atoms with E-state index in [0.717, 1.165) is 72.1 Å². The smallest absolute Gasteiger partial charge is 0.257 e. The van der Waals surface area contributed by atoms with Crippen LogP contribution in [0.4, 0.5) is 0 Å². The second kappa shape index (κ2) is 11.8. The fourth-order valence-electron chi connectivity index (χ4n) is 5.74. The molecule has 5 rings (SSSR count). The zero-order valence-corrected chi connectivity index (χ0v) is 21.8. The summed E-state index contributed by atoms with van der Waals surface area (Å²) in [6.45, 7) is 2.52. The van der Waals surface area contributed by atoms with E-state index < -0.39 is 0 Å². The lowest BCUT2D eigenvalue weighted by Gasteiger charge is -2.31. The van der Waals surface area contributed by atoms with E-state index >= 15 is 0 Å². The molecule has 1 N–H and O–H groups in total. The summed E-state index contributed by atoms with van der Waals surface area (Å²) in [5.74, 6) is 0. The van der Waals surface area contributed by atoms with Gasteiger partial charge in [0.05, 0.1) is 42.8 Å². The lowest BCUT2D eigenvalue weighted by atomic mass is 9.92. The number of nitriles is 1. The molecule has 0 atom stereocenters. The van der Waals surface area contributed by atoms with Gasteiger partial charge in [-0.25, -0.2) is 4.52 Å². The summed E-state index contributed by atoms with van der Waals surface area (Å²) in [4.78, 5) is 14.1. The molecule has 2 aromatic heterocycles. The molecule has 7 nitrogen and oxygen atoms in total. The summed E-state index contributed by atoms with van der Waals surface area (Å²) in [5, 5.41) is 23.2. The van der Waals surface area contributed by atoms with Crippen LogP contribution in [0.2, 0.25) is 0 Å². The Morgan fingerprint density at radius 2 is 1.84 bits per heavy atom. The molecule has 1 aliphatic carbocycles. The third kappa shape index (κ3) is 5.15. The molecule has 38 heavy (non-hydrogen) atoms. The van der Waals surface area contributed by atoms with E-state index in [4.69, 9.17) is 9.84 Å². The minimum Gasteiger partial charge on any atom is -0.394 e. The average Bonchev–Trinajstić information content (AvgIpc) is 3.44. The van der Waals surface area contributed by atoms with Gasteiger partial charge in [0.1, 0.15) is 5.65 Å². The summed E-state index contributed by atoms with van der Waals surface area (Å²) in [6, 6.07) is 20.1. The number of nitrogens with zero attached hydrogens (tertiary/aromatic N) is 4. The fourth-order valence-corrected chi connectivity index (χ4v) is 5.74. The summed E-state index contributed by atoms with van der Waals surface area (Å²) in [6.07, 6.45) is 7.60. The minimum atomic E-state index is 0.0316. The molecular weight excluding hydrogens is 476 g/mol. The molecule has 2 heterocycles. The molecule has 1 saturated carbocycles. The number of benzene rings is 2. The highest BCUT2D eigenvalue weighted by molar-refractivity contribution is 5.70. The first-order valence-electron chi connectivity index (χ1n) is 13.6. The van der Waals surface area contributed by atoms with Crippen molar-refractivity contribution >= 4 is 5.65 Å². The standard InChI is InChI=1S/C31H34N4O3/c1-2-5-29-28(20-22-8-10-23(11-9-22)27-7-4-3-6-24(27)21-32)31(37)34(30-16-17-33-35(29)30)25-12-14-26(15-13-25)38-19-18-36/h3-4,6-11,16-17,25-26,36H,2,5,12-15,18-20H2,1H3/t25-,26-. The van der Waals surface area contributed by atoms with Crippen molar-refractivity contribution in [2.75, 3.05) is 13.2 Å². The topological polar surface area (TPSA) is 92.5 Å². The Morgan fingerprint density at radius 3 is 2.55 bits per heavy atom. The first-order valence-corrected chi connectivity index (χ1v) is 13.6. The van der Waals surface area contributed by atoms with E-state index in [1.165, 1.54) is 0 Å². The van der Waals surface area contributed by atoms with Crippen LogP contribution in [-0.4, -0.2) is 38.6 Å². The van der Waals surface area contributed by atoms with Gasteiger partial charge in [-0.2, -0.15) is 10.4 Å². The second-order valence-electron chi connectivity index (χ2n) is 10.0. The minimum absolute atomic E-state index is 0.0316. The number of fused-ring (bicyclic) bond motifs is 1. The maximum Gasteiger partial charge on any atom is 0.257 e. The highest BCUT2D eigenvalue weighted by atomic mass is 16.5. The van der Waals surface area contributed by atoms with E-state index in [1.807, 2.05) is 51.5 Å². The molecule has 0 unspecified atom stereocenters.